The lowest BCUT2D eigenvalue weighted by Crippen LogP contribution is -2.38. The van der Waals surface area contributed by atoms with Gasteiger partial charge < -0.3 is 15.5 Å². The number of nitrogens with zero attached hydrogens (tertiary/aromatic N) is 3. The Morgan fingerprint density at radius 1 is 1.19 bits per heavy atom. The molecule has 1 aliphatic rings. The Balaban J connectivity index is 1.91. The van der Waals surface area contributed by atoms with Gasteiger partial charge in [-0.15, -0.1) is 0 Å². The van der Waals surface area contributed by atoms with Gasteiger partial charge in [0.25, 0.3) is 0 Å². The van der Waals surface area contributed by atoms with Gasteiger partial charge in [0.2, 0.25) is 0 Å². The van der Waals surface area contributed by atoms with Gasteiger partial charge in [0.15, 0.2) is 0 Å². The first kappa shape index (κ1) is 13.9. The van der Waals surface area contributed by atoms with Gasteiger partial charge in [-0.25, -0.2) is 4.79 Å². The Kier molecular flexibility index (Phi) is 3.84. The summed E-state index contributed by atoms with van der Waals surface area (Å²) in [4.78, 5) is 19.6. The van der Waals surface area contributed by atoms with E-state index in [9.17, 15) is 4.79 Å². The van der Waals surface area contributed by atoms with E-state index >= 15 is 0 Å². The van der Waals surface area contributed by atoms with E-state index in [0.29, 0.717) is 18.1 Å². The number of amides is 2. The summed E-state index contributed by atoms with van der Waals surface area (Å²) in [7, 11) is 0. The van der Waals surface area contributed by atoms with Crippen LogP contribution in [0.3, 0.4) is 0 Å². The Morgan fingerprint density at radius 3 is 2.86 bits per heavy atom. The number of nitrogens with two attached hydrogens (primary N) is 1. The Bertz CT molecular complexity index is 676. The van der Waals surface area contributed by atoms with E-state index in [1.165, 1.54) is 0 Å². The van der Waals surface area contributed by atoms with Crippen molar-refractivity contribution in [1.29, 1.82) is 0 Å². The second kappa shape index (κ2) is 5.77. The molecule has 0 spiro atoms. The van der Waals surface area contributed by atoms with Crippen molar-refractivity contribution in [3.8, 4) is 0 Å². The Morgan fingerprint density at radius 2 is 2.05 bits per heavy atom. The molecule has 0 atom stereocenters. The van der Waals surface area contributed by atoms with Gasteiger partial charge in [-0.2, -0.15) is 0 Å². The molecule has 2 amide bonds. The summed E-state index contributed by atoms with van der Waals surface area (Å²) in [6.45, 7) is 3.02. The van der Waals surface area contributed by atoms with Crippen molar-refractivity contribution in [2.24, 2.45) is 5.73 Å². The SMILES string of the molecule is NC(=O)N1CCCN(c2ccnc3cc(Cl)ccc23)CC1. The molecule has 21 heavy (non-hydrogen) atoms. The van der Waals surface area contributed by atoms with E-state index in [2.05, 4.69) is 9.88 Å². The number of fused-ring (bicyclic) bond motifs is 1. The number of primary amides is 1. The number of carbonyl (C=O) groups excluding carboxylic acids is 1. The minimum atomic E-state index is -0.344. The summed E-state index contributed by atoms with van der Waals surface area (Å²) >= 11 is 6.03. The van der Waals surface area contributed by atoms with Crippen molar-refractivity contribution >= 4 is 34.2 Å². The molecule has 0 bridgehead atoms. The number of hydrogen-bond acceptors (Lipinski definition) is 3. The lowest BCUT2D eigenvalue weighted by atomic mass is 10.1. The topological polar surface area (TPSA) is 62.5 Å². The molecule has 1 saturated heterocycles. The lowest BCUT2D eigenvalue weighted by molar-refractivity contribution is 0.211. The molecule has 0 radical (unpaired) electrons. The molecule has 0 unspecified atom stereocenters. The molecule has 2 heterocycles. The van der Waals surface area contributed by atoms with E-state index in [1.807, 2.05) is 24.3 Å². The molecule has 3 rings (SSSR count). The normalized spacial score (nSPS) is 16.0. The minimum Gasteiger partial charge on any atom is -0.369 e. The van der Waals surface area contributed by atoms with Gasteiger partial charge in [0.1, 0.15) is 0 Å². The standard InChI is InChI=1S/C15H17ClN4O/c16-11-2-3-12-13(10-11)18-5-4-14(12)19-6-1-7-20(9-8-19)15(17)21/h2-5,10H,1,6-9H2,(H2,17,21). The van der Waals surface area contributed by atoms with Crippen molar-refractivity contribution in [3.05, 3.63) is 35.5 Å². The maximum Gasteiger partial charge on any atom is 0.314 e. The summed E-state index contributed by atoms with van der Waals surface area (Å²) in [5.41, 5.74) is 7.38. The average Bonchev–Trinajstić information content (AvgIpc) is 2.72. The Labute approximate surface area is 128 Å². The molecule has 2 aromatic rings. The van der Waals surface area contributed by atoms with Crippen molar-refractivity contribution in [3.63, 3.8) is 0 Å². The first-order valence-electron chi connectivity index (χ1n) is 6.99. The molecule has 1 aromatic carbocycles. The number of aromatic nitrogens is 1. The number of rotatable bonds is 1. The van der Waals surface area contributed by atoms with Crippen LogP contribution in [0.25, 0.3) is 10.9 Å². The molecular formula is C15H17ClN4O. The maximum absolute atomic E-state index is 11.3. The first-order chi connectivity index (χ1) is 10.1. The van der Waals surface area contributed by atoms with Crippen molar-refractivity contribution in [2.75, 3.05) is 31.1 Å². The summed E-state index contributed by atoms with van der Waals surface area (Å²) < 4.78 is 0. The fourth-order valence-corrected chi connectivity index (χ4v) is 2.93. The zero-order chi connectivity index (χ0) is 14.8. The van der Waals surface area contributed by atoms with Gasteiger partial charge in [-0.3, -0.25) is 4.98 Å². The Hall–Kier alpha value is -2.01. The molecule has 1 aliphatic heterocycles. The van der Waals surface area contributed by atoms with Gasteiger partial charge >= 0.3 is 6.03 Å². The highest BCUT2D eigenvalue weighted by Crippen LogP contribution is 2.28. The molecule has 1 aromatic heterocycles. The molecule has 110 valence electrons. The minimum absolute atomic E-state index is 0.344. The van der Waals surface area contributed by atoms with Crippen LogP contribution in [0.5, 0.6) is 0 Å². The van der Waals surface area contributed by atoms with E-state index in [0.717, 1.165) is 36.1 Å². The van der Waals surface area contributed by atoms with Gasteiger partial charge in [-0.1, -0.05) is 11.6 Å². The van der Waals surface area contributed by atoms with E-state index in [1.54, 1.807) is 11.1 Å². The number of carbonyl (C=O) groups is 1. The lowest BCUT2D eigenvalue weighted by Gasteiger charge is -2.24. The highest BCUT2D eigenvalue weighted by molar-refractivity contribution is 6.31. The number of hydrogen-bond donors (Lipinski definition) is 1. The average molecular weight is 305 g/mol. The van der Waals surface area contributed by atoms with Crippen LogP contribution in [0.2, 0.25) is 5.02 Å². The summed E-state index contributed by atoms with van der Waals surface area (Å²) in [6, 6.07) is 7.41. The fraction of sp³-hybridized carbons (Fsp3) is 0.333. The van der Waals surface area contributed by atoms with Gasteiger partial charge in [0, 0.05) is 48.5 Å². The molecule has 0 saturated carbocycles. The van der Waals surface area contributed by atoms with Gasteiger partial charge in [-0.05, 0) is 30.7 Å². The number of benzene rings is 1. The molecular weight excluding hydrogens is 288 g/mol. The van der Waals surface area contributed by atoms with Crippen LogP contribution < -0.4 is 10.6 Å². The first-order valence-corrected chi connectivity index (χ1v) is 7.36. The smallest absolute Gasteiger partial charge is 0.314 e. The van der Waals surface area contributed by atoms with Crippen molar-refractivity contribution < 1.29 is 4.79 Å². The monoisotopic (exact) mass is 304 g/mol. The molecule has 0 aliphatic carbocycles. The van der Waals surface area contributed by atoms with Crippen molar-refractivity contribution in [1.82, 2.24) is 9.88 Å². The van der Waals surface area contributed by atoms with Crippen LogP contribution in [-0.2, 0) is 0 Å². The van der Waals surface area contributed by atoms with E-state index in [-0.39, 0.29) is 6.03 Å². The number of pyridine rings is 1. The van der Waals surface area contributed by atoms with E-state index < -0.39 is 0 Å². The van der Waals surface area contributed by atoms with Crippen LogP contribution in [0, 0.1) is 0 Å². The third kappa shape index (κ3) is 2.88. The van der Waals surface area contributed by atoms with Crippen LogP contribution in [0.4, 0.5) is 10.5 Å². The van der Waals surface area contributed by atoms with Crippen LogP contribution in [-0.4, -0.2) is 42.1 Å². The zero-order valence-electron chi connectivity index (χ0n) is 11.6. The number of anilines is 1. The summed E-state index contributed by atoms with van der Waals surface area (Å²) in [5.74, 6) is 0. The van der Waals surface area contributed by atoms with Crippen molar-refractivity contribution in [2.45, 2.75) is 6.42 Å². The fourth-order valence-electron chi connectivity index (χ4n) is 2.76. The molecule has 5 nitrogen and oxygen atoms in total. The largest absolute Gasteiger partial charge is 0.369 e. The number of urea groups is 1. The third-order valence-electron chi connectivity index (χ3n) is 3.83. The zero-order valence-corrected chi connectivity index (χ0v) is 12.4. The highest BCUT2D eigenvalue weighted by Gasteiger charge is 2.18. The molecule has 6 heteroatoms. The summed E-state index contributed by atoms with van der Waals surface area (Å²) in [5, 5.41) is 1.76. The quantitative estimate of drug-likeness (QED) is 0.880. The third-order valence-corrected chi connectivity index (χ3v) is 4.07. The highest BCUT2D eigenvalue weighted by atomic mass is 35.5. The predicted octanol–water partition coefficient (Wildman–Crippen LogP) is 2.48. The second-order valence-corrected chi connectivity index (χ2v) is 5.59. The molecule has 1 fully saturated rings. The van der Waals surface area contributed by atoms with Crippen LogP contribution in [0.15, 0.2) is 30.5 Å². The number of halogens is 1. The predicted molar refractivity (Wildman–Crippen MR) is 84.7 cm³/mol. The summed E-state index contributed by atoms with van der Waals surface area (Å²) in [6.07, 6.45) is 2.70. The second-order valence-electron chi connectivity index (χ2n) is 5.16. The maximum atomic E-state index is 11.3. The van der Waals surface area contributed by atoms with Crippen LogP contribution >= 0.6 is 11.6 Å². The van der Waals surface area contributed by atoms with Crippen LogP contribution in [0.1, 0.15) is 6.42 Å². The van der Waals surface area contributed by atoms with E-state index in [4.69, 9.17) is 17.3 Å². The van der Waals surface area contributed by atoms with Gasteiger partial charge in [0.05, 0.1) is 5.52 Å². The molecule has 2 N–H and O–H groups in total.